The Bertz CT molecular complexity index is 444. The van der Waals surface area contributed by atoms with Crippen LogP contribution < -0.4 is 4.52 Å². The molecule has 0 atom stereocenters. The SMILES string of the molecule is CCOP(=S)(OCC)Oc1ccc(SC(C)(C)C)cc1. The first-order valence-corrected chi connectivity index (χ1v) is 10.0. The van der Waals surface area contributed by atoms with Gasteiger partial charge in [-0.1, -0.05) is 20.8 Å². The van der Waals surface area contributed by atoms with Crippen molar-refractivity contribution in [1.29, 1.82) is 0 Å². The van der Waals surface area contributed by atoms with E-state index >= 15 is 0 Å². The molecule has 0 saturated heterocycles. The lowest BCUT2D eigenvalue weighted by molar-refractivity contribution is 0.218. The van der Waals surface area contributed by atoms with Crippen LogP contribution in [0.25, 0.3) is 0 Å². The summed E-state index contributed by atoms with van der Waals surface area (Å²) in [5, 5.41) is 0. The minimum atomic E-state index is -2.67. The molecule has 0 aliphatic heterocycles. The molecule has 1 aromatic rings. The van der Waals surface area contributed by atoms with Crippen molar-refractivity contribution in [2.75, 3.05) is 13.2 Å². The minimum absolute atomic E-state index is 0.188. The Kier molecular flexibility index (Phi) is 7.02. The van der Waals surface area contributed by atoms with Crippen molar-refractivity contribution in [2.45, 2.75) is 44.3 Å². The van der Waals surface area contributed by atoms with Crippen LogP contribution in [0.5, 0.6) is 5.75 Å². The zero-order chi connectivity index (χ0) is 15.2. The van der Waals surface area contributed by atoms with E-state index in [1.165, 1.54) is 4.90 Å². The molecule has 0 bridgehead atoms. The summed E-state index contributed by atoms with van der Waals surface area (Å²) in [5.41, 5.74) is 0. The van der Waals surface area contributed by atoms with Crippen LogP contribution in [-0.2, 0) is 20.9 Å². The maximum Gasteiger partial charge on any atom is 0.380 e. The molecule has 0 saturated carbocycles. The van der Waals surface area contributed by atoms with Crippen LogP contribution in [0.2, 0.25) is 0 Å². The first-order valence-electron chi connectivity index (χ1n) is 6.66. The van der Waals surface area contributed by atoms with Crippen molar-refractivity contribution < 1.29 is 13.6 Å². The van der Waals surface area contributed by atoms with Crippen LogP contribution in [0.3, 0.4) is 0 Å². The summed E-state index contributed by atoms with van der Waals surface area (Å²) in [6.45, 7) is 8.61. The molecular weight excluding hydrogens is 311 g/mol. The van der Waals surface area contributed by atoms with Gasteiger partial charge in [0.25, 0.3) is 0 Å². The summed E-state index contributed by atoms with van der Waals surface area (Å²) in [5.74, 6) is 0.688. The van der Waals surface area contributed by atoms with Gasteiger partial charge in [-0.05, 0) is 38.1 Å². The molecule has 6 heteroatoms. The fourth-order valence-electron chi connectivity index (χ4n) is 1.46. The third-order valence-electron chi connectivity index (χ3n) is 2.04. The van der Waals surface area contributed by atoms with E-state index in [0.717, 1.165) is 0 Å². The Morgan fingerprint density at radius 1 is 1.05 bits per heavy atom. The van der Waals surface area contributed by atoms with Crippen LogP contribution in [-0.4, -0.2) is 18.0 Å². The number of rotatable bonds is 7. The number of hydrogen-bond acceptors (Lipinski definition) is 5. The highest BCUT2D eigenvalue weighted by atomic mass is 32.5. The Balaban J connectivity index is 2.75. The van der Waals surface area contributed by atoms with E-state index in [1.54, 1.807) is 0 Å². The summed E-state index contributed by atoms with van der Waals surface area (Å²) < 4.78 is 16.9. The van der Waals surface area contributed by atoms with E-state index in [4.69, 9.17) is 25.4 Å². The molecule has 0 aromatic heterocycles. The summed E-state index contributed by atoms with van der Waals surface area (Å²) in [7, 11) is 0. The molecule has 1 aromatic carbocycles. The van der Waals surface area contributed by atoms with Crippen LogP contribution in [0.1, 0.15) is 34.6 Å². The predicted octanol–water partition coefficient (Wildman–Crippen LogP) is 5.25. The maximum atomic E-state index is 5.74. The first-order chi connectivity index (χ1) is 9.28. The van der Waals surface area contributed by atoms with Gasteiger partial charge in [-0.15, -0.1) is 11.8 Å². The third kappa shape index (κ3) is 6.59. The van der Waals surface area contributed by atoms with Gasteiger partial charge in [-0.3, -0.25) is 9.05 Å². The van der Waals surface area contributed by atoms with E-state index in [-0.39, 0.29) is 4.75 Å². The molecule has 0 aliphatic rings. The lowest BCUT2D eigenvalue weighted by atomic mass is 10.3. The van der Waals surface area contributed by atoms with Crippen LogP contribution in [0, 0.1) is 0 Å². The maximum absolute atomic E-state index is 5.74. The van der Waals surface area contributed by atoms with Gasteiger partial charge in [0, 0.05) is 21.4 Å². The van der Waals surface area contributed by atoms with Crippen molar-refractivity contribution in [3.8, 4) is 5.75 Å². The third-order valence-corrected chi connectivity index (χ3v) is 5.60. The molecule has 114 valence electrons. The van der Waals surface area contributed by atoms with Gasteiger partial charge in [-0.2, -0.15) is 0 Å². The van der Waals surface area contributed by atoms with E-state index in [2.05, 4.69) is 20.8 Å². The zero-order valence-corrected chi connectivity index (χ0v) is 15.2. The standard InChI is InChI=1S/C14H23O3PS2/c1-6-15-18(19,16-7-2)17-12-8-10-13(11-9-12)20-14(3,4)5/h8-11H,6-7H2,1-5H3. The highest BCUT2D eigenvalue weighted by Crippen LogP contribution is 2.49. The Morgan fingerprint density at radius 3 is 1.95 bits per heavy atom. The fourth-order valence-corrected chi connectivity index (χ4v) is 4.52. The molecule has 0 N–H and O–H groups in total. The summed E-state index contributed by atoms with van der Waals surface area (Å²) in [6.07, 6.45) is 0. The summed E-state index contributed by atoms with van der Waals surface area (Å²) in [6, 6.07) is 7.88. The van der Waals surface area contributed by atoms with Crippen LogP contribution in [0.4, 0.5) is 0 Å². The Morgan fingerprint density at radius 2 is 1.55 bits per heavy atom. The van der Waals surface area contributed by atoms with Crippen LogP contribution >= 0.6 is 18.5 Å². The molecule has 0 heterocycles. The number of hydrogen-bond donors (Lipinski definition) is 0. The van der Waals surface area contributed by atoms with Gasteiger partial charge in [-0.25, -0.2) is 0 Å². The van der Waals surface area contributed by atoms with Crippen molar-refractivity contribution in [3.63, 3.8) is 0 Å². The molecule has 20 heavy (non-hydrogen) atoms. The molecular formula is C14H23O3PS2. The average Bonchev–Trinajstić information content (AvgIpc) is 2.30. The fraction of sp³-hybridized carbons (Fsp3) is 0.571. The van der Waals surface area contributed by atoms with E-state index in [0.29, 0.717) is 19.0 Å². The number of benzene rings is 1. The second kappa shape index (κ2) is 7.81. The Hall–Kier alpha value is -0.0600. The highest BCUT2D eigenvalue weighted by Gasteiger charge is 2.21. The summed E-state index contributed by atoms with van der Waals surface area (Å²) >= 11 is 7.15. The molecule has 1 rings (SSSR count). The van der Waals surface area contributed by atoms with Crippen molar-refractivity contribution >= 4 is 30.3 Å². The smallest absolute Gasteiger partial charge is 0.380 e. The topological polar surface area (TPSA) is 27.7 Å². The molecule has 0 aliphatic carbocycles. The lowest BCUT2D eigenvalue weighted by Gasteiger charge is -2.21. The normalized spacial score (nSPS) is 12.4. The predicted molar refractivity (Wildman–Crippen MR) is 90.2 cm³/mol. The van der Waals surface area contributed by atoms with Gasteiger partial charge >= 0.3 is 6.72 Å². The molecule has 0 fully saturated rings. The molecule has 3 nitrogen and oxygen atoms in total. The van der Waals surface area contributed by atoms with Gasteiger partial charge in [0.05, 0.1) is 13.2 Å². The van der Waals surface area contributed by atoms with Gasteiger partial charge in [0.15, 0.2) is 0 Å². The van der Waals surface area contributed by atoms with Crippen molar-refractivity contribution in [2.24, 2.45) is 0 Å². The van der Waals surface area contributed by atoms with Crippen LogP contribution in [0.15, 0.2) is 29.2 Å². The summed E-state index contributed by atoms with van der Waals surface area (Å²) in [4.78, 5) is 1.20. The first kappa shape index (κ1) is 18.0. The average molecular weight is 334 g/mol. The van der Waals surface area contributed by atoms with E-state index in [9.17, 15) is 0 Å². The van der Waals surface area contributed by atoms with E-state index < -0.39 is 6.72 Å². The quantitative estimate of drug-likeness (QED) is 0.501. The highest BCUT2D eigenvalue weighted by molar-refractivity contribution is 8.07. The Labute approximate surface area is 131 Å². The molecule has 0 radical (unpaired) electrons. The minimum Gasteiger partial charge on any atom is -0.424 e. The van der Waals surface area contributed by atoms with Gasteiger partial charge in [0.2, 0.25) is 0 Å². The largest absolute Gasteiger partial charge is 0.424 e. The van der Waals surface area contributed by atoms with Gasteiger partial charge in [0.1, 0.15) is 5.75 Å². The van der Waals surface area contributed by atoms with Crippen molar-refractivity contribution in [3.05, 3.63) is 24.3 Å². The zero-order valence-electron chi connectivity index (χ0n) is 12.7. The second-order valence-electron chi connectivity index (χ2n) is 5.06. The van der Waals surface area contributed by atoms with Gasteiger partial charge < -0.3 is 4.52 Å². The second-order valence-corrected chi connectivity index (χ2v) is 9.90. The van der Waals surface area contributed by atoms with E-state index in [1.807, 2.05) is 49.9 Å². The monoisotopic (exact) mass is 334 g/mol. The molecule has 0 amide bonds. The van der Waals surface area contributed by atoms with Crippen molar-refractivity contribution in [1.82, 2.24) is 0 Å². The molecule has 0 spiro atoms. The number of thioether (sulfide) groups is 1. The molecule has 0 unspecified atom stereocenters. The lowest BCUT2D eigenvalue weighted by Crippen LogP contribution is -2.06.